The largest absolute Gasteiger partial charge is 0.296 e. The first-order valence-corrected chi connectivity index (χ1v) is 5.90. The SMILES string of the molecule is CC(C)C1CCCCC12CC(=O)NC2=O. The molecule has 3 heteroatoms. The average molecular weight is 209 g/mol. The monoisotopic (exact) mass is 209 g/mol. The van der Waals surface area contributed by atoms with Gasteiger partial charge in [-0.3, -0.25) is 14.9 Å². The summed E-state index contributed by atoms with van der Waals surface area (Å²) in [4.78, 5) is 23.3. The van der Waals surface area contributed by atoms with Gasteiger partial charge in [-0.25, -0.2) is 0 Å². The lowest BCUT2D eigenvalue weighted by Gasteiger charge is -2.40. The third-order valence-electron chi connectivity index (χ3n) is 4.08. The molecule has 1 N–H and O–H groups in total. The number of imide groups is 1. The van der Waals surface area contributed by atoms with Crippen molar-refractivity contribution in [2.45, 2.75) is 46.0 Å². The zero-order valence-corrected chi connectivity index (χ0v) is 9.51. The zero-order chi connectivity index (χ0) is 11.1. The molecule has 0 bridgehead atoms. The molecule has 0 aromatic rings. The Hall–Kier alpha value is -0.860. The van der Waals surface area contributed by atoms with E-state index in [0.717, 1.165) is 19.3 Å². The molecule has 1 saturated carbocycles. The van der Waals surface area contributed by atoms with Crippen molar-refractivity contribution in [2.75, 3.05) is 0 Å². The minimum absolute atomic E-state index is 0.00843. The van der Waals surface area contributed by atoms with Crippen molar-refractivity contribution >= 4 is 11.8 Å². The van der Waals surface area contributed by atoms with Gasteiger partial charge in [0, 0.05) is 6.42 Å². The number of nitrogens with one attached hydrogen (secondary N) is 1. The Labute approximate surface area is 90.6 Å². The highest BCUT2D eigenvalue weighted by Gasteiger charge is 2.53. The molecule has 1 aliphatic heterocycles. The second kappa shape index (κ2) is 3.62. The number of hydrogen-bond donors (Lipinski definition) is 1. The summed E-state index contributed by atoms with van der Waals surface area (Å²) in [5.41, 5.74) is -0.358. The molecule has 1 saturated heterocycles. The van der Waals surface area contributed by atoms with Crippen molar-refractivity contribution in [2.24, 2.45) is 17.3 Å². The van der Waals surface area contributed by atoms with Gasteiger partial charge in [0.2, 0.25) is 11.8 Å². The topological polar surface area (TPSA) is 46.2 Å². The predicted molar refractivity (Wildman–Crippen MR) is 57.0 cm³/mol. The fourth-order valence-electron chi connectivity index (χ4n) is 3.40. The highest BCUT2D eigenvalue weighted by atomic mass is 16.2. The van der Waals surface area contributed by atoms with E-state index in [9.17, 15) is 9.59 Å². The van der Waals surface area contributed by atoms with E-state index in [2.05, 4.69) is 19.2 Å². The number of carbonyl (C=O) groups excluding carboxylic acids is 2. The van der Waals surface area contributed by atoms with Crippen LogP contribution in [0.25, 0.3) is 0 Å². The normalized spacial score (nSPS) is 36.3. The first-order chi connectivity index (χ1) is 7.06. The fraction of sp³-hybridized carbons (Fsp3) is 0.833. The summed E-state index contributed by atoms with van der Waals surface area (Å²) >= 11 is 0. The van der Waals surface area contributed by atoms with E-state index in [0.29, 0.717) is 18.3 Å². The Morgan fingerprint density at radius 2 is 2.07 bits per heavy atom. The van der Waals surface area contributed by atoms with Gasteiger partial charge in [-0.2, -0.15) is 0 Å². The quantitative estimate of drug-likeness (QED) is 0.670. The maximum absolute atomic E-state index is 11.9. The van der Waals surface area contributed by atoms with Crippen LogP contribution in [0, 0.1) is 17.3 Å². The van der Waals surface area contributed by atoms with Gasteiger partial charge < -0.3 is 0 Å². The van der Waals surface area contributed by atoms with E-state index in [1.807, 2.05) is 0 Å². The second-order valence-corrected chi connectivity index (χ2v) is 5.31. The van der Waals surface area contributed by atoms with Gasteiger partial charge in [-0.05, 0) is 24.7 Å². The maximum atomic E-state index is 11.9. The minimum Gasteiger partial charge on any atom is -0.296 e. The van der Waals surface area contributed by atoms with Crippen LogP contribution >= 0.6 is 0 Å². The Morgan fingerprint density at radius 3 is 2.60 bits per heavy atom. The molecular weight excluding hydrogens is 190 g/mol. The van der Waals surface area contributed by atoms with E-state index in [4.69, 9.17) is 0 Å². The Kier molecular flexibility index (Phi) is 2.57. The van der Waals surface area contributed by atoms with Crippen LogP contribution in [0.15, 0.2) is 0 Å². The molecule has 0 aromatic carbocycles. The predicted octanol–water partition coefficient (Wildman–Crippen LogP) is 1.87. The summed E-state index contributed by atoms with van der Waals surface area (Å²) in [7, 11) is 0. The molecule has 2 aliphatic rings. The molecule has 2 atom stereocenters. The molecule has 1 heterocycles. The molecule has 2 fully saturated rings. The number of rotatable bonds is 1. The van der Waals surface area contributed by atoms with Crippen molar-refractivity contribution in [3.8, 4) is 0 Å². The van der Waals surface area contributed by atoms with E-state index < -0.39 is 0 Å². The zero-order valence-electron chi connectivity index (χ0n) is 9.51. The van der Waals surface area contributed by atoms with E-state index in [1.165, 1.54) is 6.42 Å². The Balaban J connectivity index is 2.30. The van der Waals surface area contributed by atoms with Crippen LogP contribution in [0.4, 0.5) is 0 Å². The van der Waals surface area contributed by atoms with Crippen LogP contribution in [0.1, 0.15) is 46.0 Å². The van der Waals surface area contributed by atoms with Crippen molar-refractivity contribution < 1.29 is 9.59 Å². The standard InChI is InChI=1S/C12H19NO2/c1-8(2)9-5-3-4-6-12(9)7-10(14)13-11(12)15/h8-9H,3-7H2,1-2H3,(H,13,14,15). The van der Waals surface area contributed by atoms with Crippen LogP contribution < -0.4 is 5.32 Å². The molecule has 2 rings (SSSR count). The van der Waals surface area contributed by atoms with Crippen LogP contribution in [0.5, 0.6) is 0 Å². The first-order valence-electron chi connectivity index (χ1n) is 5.90. The van der Waals surface area contributed by atoms with E-state index in [1.54, 1.807) is 0 Å². The van der Waals surface area contributed by atoms with Gasteiger partial charge in [0.05, 0.1) is 5.41 Å². The molecule has 0 radical (unpaired) electrons. The van der Waals surface area contributed by atoms with Crippen molar-refractivity contribution in [1.82, 2.24) is 5.32 Å². The molecule has 84 valence electrons. The average Bonchev–Trinajstić information content (AvgIpc) is 2.42. The molecular formula is C12H19NO2. The van der Waals surface area contributed by atoms with Gasteiger partial charge >= 0.3 is 0 Å². The summed E-state index contributed by atoms with van der Waals surface area (Å²) in [6, 6.07) is 0. The molecule has 2 amide bonds. The Morgan fingerprint density at radius 1 is 1.33 bits per heavy atom. The summed E-state index contributed by atoms with van der Waals surface area (Å²) in [6.07, 6.45) is 4.70. The summed E-state index contributed by atoms with van der Waals surface area (Å²) in [6.45, 7) is 4.32. The Bertz CT molecular complexity index is 298. The maximum Gasteiger partial charge on any atom is 0.233 e. The smallest absolute Gasteiger partial charge is 0.233 e. The molecule has 15 heavy (non-hydrogen) atoms. The number of hydrogen-bond acceptors (Lipinski definition) is 2. The lowest BCUT2D eigenvalue weighted by Crippen LogP contribution is -2.42. The second-order valence-electron chi connectivity index (χ2n) is 5.31. The third kappa shape index (κ3) is 1.58. The molecule has 1 aliphatic carbocycles. The highest BCUT2D eigenvalue weighted by molar-refractivity contribution is 6.06. The molecule has 2 unspecified atom stereocenters. The van der Waals surface area contributed by atoms with Gasteiger partial charge in [0.25, 0.3) is 0 Å². The highest BCUT2D eigenvalue weighted by Crippen LogP contribution is 2.49. The van der Waals surface area contributed by atoms with Crippen LogP contribution in [0.2, 0.25) is 0 Å². The lowest BCUT2D eigenvalue weighted by atomic mass is 9.61. The lowest BCUT2D eigenvalue weighted by molar-refractivity contribution is -0.133. The van der Waals surface area contributed by atoms with E-state index >= 15 is 0 Å². The summed E-state index contributed by atoms with van der Waals surface area (Å²) in [5, 5.41) is 2.48. The van der Waals surface area contributed by atoms with Crippen LogP contribution in [-0.4, -0.2) is 11.8 Å². The van der Waals surface area contributed by atoms with Gasteiger partial charge in [0.15, 0.2) is 0 Å². The molecule has 0 aromatic heterocycles. The van der Waals surface area contributed by atoms with Gasteiger partial charge in [-0.15, -0.1) is 0 Å². The van der Waals surface area contributed by atoms with Gasteiger partial charge in [0.1, 0.15) is 0 Å². The van der Waals surface area contributed by atoms with E-state index in [-0.39, 0.29) is 17.2 Å². The van der Waals surface area contributed by atoms with Crippen LogP contribution in [0.3, 0.4) is 0 Å². The van der Waals surface area contributed by atoms with Crippen molar-refractivity contribution in [3.63, 3.8) is 0 Å². The molecule has 1 spiro atoms. The molecule has 3 nitrogen and oxygen atoms in total. The number of amides is 2. The van der Waals surface area contributed by atoms with Crippen molar-refractivity contribution in [3.05, 3.63) is 0 Å². The number of carbonyl (C=O) groups is 2. The van der Waals surface area contributed by atoms with Gasteiger partial charge in [-0.1, -0.05) is 26.7 Å². The third-order valence-corrected chi connectivity index (χ3v) is 4.08. The minimum atomic E-state index is -0.358. The van der Waals surface area contributed by atoms with Crippen LogP contribution in [-0.2, 0) is 9.59 Å². The van der Waals surface area contributed by atoms with Crippen molar-refractivity contribution in [1.29, 1.82) is 0 Å². The fourth-order valence-corrected chi connectivity index (χ4v) is 3.40. The summed E-state index contributed by atoms with van der Waals surface area (Å²) in [5.74, 6) is 0.790. The summed E-state index contributed by atoms with van der Waals surface area (Å²) < 4.78 is 0. The first kappa shape index (κ1) is 10.7.